The number of rotatable bonds is 12. The molecule has 0 aromatic heterocycles. The minimum Gasteiger partial charge on any atom is -0.466 e. The summed E-state index contributed by atoms with van der Waals surface area (Å²) < 4.78 is 15.7. The van der Waals surface area contributed by atoms with Crippen molar-refractivity contribution in [2.45, 2.75) is 46.0 Å². The summed E-state index contributed by atoms with van der Waals surface area (Å²) in [6.45, 7) is 5.40. The summed E-state index contributed by atoms with van der Waals surface area (Å²) >= 11 is 0. The van der Waals surface area contributed by atoms with E-state index >= 15 is 0 Å². The highest BCUT2D eigenvalue weighted by Crippen LogP contribution is 2.17. The SMILES string of the molecule is CCOC(=O)C(CCCCOCc1ccccc1)C(O)OCC. The lowest BCUT2D eigenvalue weighted by atomic mass is 10.0. The minimum atomic E-state index is -1.11. The Bertz CT molecular complexity index is 421. The van der Waals surface area contributed by atoms with Crippen LogP contribution in [0.1, 0.15) is 38.7 Å². The maximum absolute atomic E-state index is 11.9. The van der Waals surface area contributed by atoms with E-state index in [1.807, 2.05) is 30.3 Å². The van der Waals surface area contributed by atoms with E-state index < -0.39 is 18.2 Å². The van der Waals surface area contributed by atoms with E-state index in [2.05, 4.69) is 0 Å². The van der Waals surface area contributed by atoms with Gasteiger partial charge in [0.15, 0.2) is 6.29 Å². The molecule has 0 amide bonds. The first-order valence-electron chi connectivity index (χ1n) is 8.27. The van der Waals surface area contributed by atoms with Gasteiger partial charge in [0.25, 0.3) is 0 Å². The number of esters is 1. The van der Waals surface area contributed by atoms with Crippen molar-refractivity contribution < 1.29 is 24.1 Å². The van der Waals surface area contributed by atoms with Crippen LogP contribution < -0.4 is 0 Å². The fourth-order valence-electron chi connectivity index (χ4n) is 2.25. The summed E-state index contributed by atoms with van der Waals surface area (Å²) in [4.78, 5) is 11.9. The molecule has 23 heavy (non-hydrogen) atoms. The van der Waals surface area contributed by atoms with Gasteiger partial charge in [-0.3, -0.25) is 4.79 Å². The van der Waals surface area contributed by atoms with Crippen LogP contribution in [0.4, 0.5) is 0 Å². The van der Waals surface area contributed by atoms with Crippen LogP contribution in [-0.2, 0) is 25.6 Å². The van der Waals surface area contributed by atoms with Crippen molar-refractivity contribution >= 4 is 5.97 Å². The van der Waals surface area contributed by atoms with Crippen LogP contribution in [-0.4, -0.2) is 37.2 Å². The topological polar surface area (TPSA) is 65.0 Å². The van der Waals surface area contributed by atoms with E-state index in [4.69, 9.17) is 14.2 Å². The second-order valence-electron chi connectivity index (χ2n) is 5.24. The Morgan fingerprint density at radius 3 is 2.52 bits per heavy atom. The molecular weight excluding hydrogens is 296 g/mol. The number of carbonyl (C=O) groups excluding carboxylic acids is 1. The van der Waals surface area contributed by atoms with Gasteiger partial charge in [0.1, 0.15) is 5.92 Å². The Labute approximate surface area is 138 Å². The number of benzene rings is 1. The molecule has 130 valence electrons. The molecule has 0 bridgehead atoms. The zero-order valence-corrected chi connectivity index (χ0v) is 14.1. The fourth-order valence-corrected chi connectivity index (χ4v) is 2.25. The van der Waals surface area contributed by atoms with Gasteiger partial charge in [-0.1, -0.05) is 36.8 Å². The molecule has 0 saturated heterocycles. The number of ether oxygens (including phenoxy) is 3. The molecule has 5 nitrogen and oxygen atoms in total. The average Bonchev–Trinajstić information content (AvgIpc) is 2.55. The Kier molecular flexibility index (Phi) is 10.3. The second-order valence-corrected chi connectivity index (χ2v) is 5.24. The summed E-state index contributed by atoms with van der Waals surface area (Å²) in [6, 6.07) is 9.99. The molecule has 1 aromatic rings. The van der Waals surface area contributed by atoms with E-state index in [1.54, 1.807) is 13.8 Å². The van der Waals surface area contributed by atoms with E-state index in [0.29, 0.717) is 32.8 Å². The Hall–Kier alpha value is -1.43. The first-order chi connectivity index (χ1) is 11.2. The summed E-state index contributed by atoms with van der Waals surface area (Å²) in [5.74, 6) is -1.04. The number of aliphatic hydroxyl groups excluding tert-OH is 1. The van der Waals surface area contributed by atoms with Gasteiger partial charge < -0.3 is 19.3 Å². The Balaban J connectivity index is 2.24. The van der Waals surface area contributed by atoms with Gasteiger partial charge in [-0.05, 0) is 32.3 Å². The quantitative estimate of drug-likeness (QED) is 0.364. The molecule has 2 atom stereocenters. The van der Waals surface area contributed by atoms with E-state index in [-0.39, 0.29) is 0 Å². The highest BCUT2D eigenvalue weighted by Gasteiger charge is 2.28. The molecule has 1 aromatic carbocycles. The third-order valence-corrected chi connectivity index (χ3v) is 3.44. The van der Waals surface area contributed by atoms with Gasteiger partial charge in [-0.2, -0.15) is 0 Å². The molecule has 0 aliphatic heterocycles. The van der Waals surface area contributed by atoms with Crippen LogP contribution in [0.25, 0.3) is 0 Å². The van der Waals surface area contributed by atoms with Gasteiger partial charge in [0, 0.05) is 13.2 Å². The number of hydrogen-bond acceptors (Lipinski definition) is 5. The molecule has 0 saturated carbocycles. The summed E-state index contributed by atoms with van der Waals surface area (Å²) in [5, 5.41) is 9.90. The van der Waals surface area contributed by atoms with Crippen molar-refractivity contribution in [1.82, 2.24) is 0 Å². The third kappa shape index (κ3) is 8.11. The first-order valence-corrected chi connectivity index (χ1v) is 8.27. The standard InChI is InChI=1S/C18H28O5/c1-3-22-17(19)16(18(20)23-4-2)12-8-9-13-21-14-15-10-6-5-7-11-15/h5-7,10-11,16-17,19H,3-4,8-9,12-14H2,1-2H3. The van der Waals surface area contributed by atoms with Gasteiger partial charge >= 0.3 is 5.97 Å². The van der Waals surface area contributed by atoms with Crippen LogP contribution >= 0.6 is 0 Å². The second kappa shape index (κ2) is 12.0. The lowest BCUT2D eigenvalue weighted by Crippen LogP contribution is -2.32. The maximum Gasteiger partial charge on any atom is 0.314 e. The van der Waals surface area contributed by atoms with Crippen LogP contribution in [0.5, 0.6) is 0 Å². The number of aliphatic hydroxyl groups is 1. The fraction of sp³-hybridized carbons (Fsp3) is 0.611. The lowest BCUT2D eigenvalue weighted by Gasteiger charge is -2.21. The molecule has 2 unspecified atom stereocenters. The van der Waals surface area contributed by atoms with Crippen molar-refractivity contribution in [1.29, 1.82) is 0 Å². The monoisotopic (exact) mass is 324 g/mol. The molecule has 0 heterocycles. The molecule has 0 fully saturated rings. The normalized spacial score (nSPS) is 13.5. The molecule has 1 rings (SSSR count). The summed E-state index contributed by atoms with van der Waals surface area (Å²) in [5.41, 5.74) is 1.14. The summed E-state index contributed by atoms with van der Waals surface area (Å²) in [6.07, 6.45) is 1.00. The minimum absolute atomic E-state index is 0.300. The van der Waals surface area contributed by atoms with E-state index in [1.165, 1.54) is 0 Å². The predicted molar refractivity (Wildman–Crippen MR) is 87.7 cm³/mol. The molecule has 0 radical (unpaired) electrons. The van der Waals surface area contributed by atoms with Gasteiger partial charge in [-0.25, -0.2) is 0 Å². The van der Waals surface area contributed by atoms with Gasteiger partial charge in [0.2, 0.25) is 0 Å². The largest absolute Gasteiger partial charge is 0.466 e. The number of hydrogen-bond donors (Lipinski definition) is 1. The van der Waals surface area contributed by atoms with Crippen molar-refractivity contribution in [2.24, 2.45) is 5.92 Å². The van der Waals surface area contributed by atoms with Crippen LogP contribution in [0.15, 0.2) is 30.3 Å². The molecule has 0 aliphatic rings. The Morgan fingerprint density at radius 2 is 1.87 bits per heavy atom. The highest BCUT2D eigenvalue weighted by molar-refractivity contribution is 5.72. The molecule has 5 heteroatoms. The smallest absolute Gasteiger partial charge is 0.314 e. The molecule has 1 N–H and O–H groups in total. The van der Waals surface area contributed by atoms with Crippen LogP contribution in [0.2, 0.25) is 0 Å². The van der Waals surface area contributed by atoms with E-state index in [0.717, 1.165) is 18.4 Å². The number of carbonyl (C=O) groups is 1. The van der Waals surface area contributed by atoms with Crippen molar-refractivity contribution in [3.05, 3.63) is 35.9 Å². The predicted octanol–water partition coefficient (Wildman–Crippen LogP) is 2.91. The summed E-state index contributed by atoms with van der Waals surface area (Å²) in [7, 11) is 0. The van der Waals surface area contributed by atoms with Gasteiger partial charge in [0.05, 0.1) is 13.2 Å². The van der Waals surface area contributed by atoms with Crippen molar-refractivity contribution in [3.8, 4) is 0 Å². The lowest BCUT2D eigenvalue weighted by molar-refractivity contribution is -0.175. The molecular formula is C18H28O5. The first kappa shape index (κ1) is 19.6. The zero-order valence-electron chi connectivity index (χ0n) is 14.1. The zero-order chi connectivity index (χ0) is 16.9. The molecule has 0 aliphatic carbocycles. The van der Waals surface area contributed by atoms with Gasteiger partial charge in [-0.15, -0.1) is 0 Å². The maximum atomic E-state index is 11.9. The third-order valence-electron chi connectivity index (χ3n) is 3.44. The Morgan fingerprint density at radius 1 is 1.13 bits per heavy atom. The van der Waals surface area contributed by atoms with Crippen LogP contribution in [0.3, 0.4) is 0 Å². The number of unbranched alkanes of at least 4 members (excludes halogenated alkanes) is 1. The van der Waals surface area contributed by atoms with Crippen LogP contribution in [0, 0.1) is 5.92 Å². The average molecular weight is 324 g/mol. The van der Waals surface area contributed by atoms with E-state index in [9.17, 15) is 9.90 Å². The molecule has 0 spiro atoms. The van der Waals surface area contributed by atoms with Crippen molar-refractivity contribution in [2.75, 3.05) is 19.8 Å². The highest BCUT2D eigenvalue weighted by atomic mass is 16.6. The van der Waals surface area contributed by atoms with Crippen molar-refractivity contribution in [3.63, 3.8) is 0 Å².